The van der Waals surface area contributed by atoms with Crippen LogP contribution in [0.5, 0.6) is 0 Å². The molecular weight excluding hydrogens is 422 g/mol. The zero-order chi connectivity index (χ0) is 22.7. The summed E-state index contributed by atoms with van der Waals surface area (Å²) < 4.78 is 23.7. The third kappa shape index (κ3) is 5.13. The summed E-state index contributed by atoms with van der Waals surface area (Å²) >= 11 is 0. The second kappa shape index (κ2) is 9.62. The van der Waals surface area contributed by atoms with Gasteiger partial charge in [0.25, 0.3) is 0 Å². The molecule has 0 radical (unpaired) electrons. The van der Waals surface area contributed by atoms with Crippen LogP contribution in [0.15, 0.2) is 24.3 Å². The minimum atomic E-state index is -4.38. The largest absolute Gasteiger partial charge is 0.356 e. The Morgan fingerprint density at radius 1 is 0.600 bits per heavy atom. The Morgan fingerprint density at radius 3 is 1.13 bits per heavy atom. The first-order chi connectivity index (χ1) is 14.0. The lowest BCUT2D eigenvalue weighted by Crippen LogP contribution is -2.15. The summed E-state index contributed by atoms with van der Waals surface area (Å²) in [4.78, 5) is 38.6. The van der Waals surface area contributed by atoms with E-state index in [1.54, 1.807) is 12.1 Å². The zero-order valence-electron chi connectivity index (χ0n) is 17.6. The van der Waals surface area contributed by atoms with Crippen molar-refractivity contribution in [3.63, 3.8) is 0 Å². The number of hydrogen-bond acceptors (Lipinski definition) is 2. The van der Waals surface area contributed by atoms with Crippen molar-refractivity contribution in [3.05, 3.63) is 57.6 Å². The lowest BCUT2D eigenvalue weighted by atomic mass is 9.95. The maximum Gasteiger partial charge on any atom is 0.356 e. The van der Waals surface area contributed by atoms with Crippen LogP contribution in [0, 0.1) is 11.8 Å². The summed E-state index contributed by atoms with van der Waals surface area (Å²) in [5.41, 5.74) is 4.27. The molecule has 8 heteroatoms. The molecule has 0 bridgehead atoms. The van der Waals surface area contributed by atoms with E-state index in [0.717, 1.165) is 11.1 Å². The molecule has 0 atom stereocenters. The predicted molar refractivity (Wildman–Crippen MR) is 120 cm³/mol. The van der Waals surface area contributed by atoms with Gasteiger partial charge in [-0.05, 0) is 72.2 Å². The summed E-state index contributed by atoms with van der Waals surface area (Å²) in [5, 5.41) is 0.0850. The quantitative estimate of drug-likeness (QED) is 0.397. The highest BCUT2D eigenvalue weighted by Crippen LogP contribution is 2.37. The van der Waals surface area contributed by atoms with Crippen LogP contribution in [0.25, 0.3) is 0 Å². The maximum atomic E-state index is 11.8. The van der Waals surface area contributed by atoms with E-state index in [2.05, 4.69) is 11.8 Å². The second-order valence-corrected chi connectivity index (χ2v) is 10.1. The van der Waals surface area contributed by atoms with Gasteiger partial charge in [-0.3, -0.25) is 9.13 Å². The molecule has 0 saturated heterocycles. The van der Waals surface area contributed by atoms with Crippen molar-refractivity contribution < 1.29 is 28.7 Å². The maximum absolute atomic E-state index is 11.8. The van der Waals surface area contributed by atoms with E-state index >= 15 is 0 Å². The Hall–Kier alpha value is -1.70. The van der Waals surface area contributed by atoms with E-state index in [1.165, 1.54) is 12.1 Å². The number of hydrogen-bond donors (Lipinski definition) is 4. The van der Waals surface area contributed by atoms with Gasteiger partial charge in [0.15, 0.2) is 0 Å². The van der Waals surface area contributed by atoms with Gasteiger partial charge in [0.05, 0.1) is 10.6 Å². The van der Waals surface area contributed by atoms with Crippen LogP contribution in [-0.2, 0) is 34.8 Å². The van der Waals surface area contributed by atoms with Gasteiger partial charge in [0.2, 0.25) is 0 Å². The normalized spacial score (nSPS) is 11.9. The molecular formula is C22H28O6P2. The molecule has 2 aromatic rings. The molecule has 0 aromatic heterocycles. The average molecular weight is 450 g/mol. The fourth-order valence-electron chi connectivity index (χ4n) is 3.87. The summed E-state index contributed by atoms with van der Waals surface area (Å²) in [6.45, 7) is 7.55. The molecule has 0 unspecified atom stereocenters. The smallest absolute Gasteiger partial charge is 0.321 e. The van der Waals surface area contributed by atoms with Crippen LogP contribution >= 0.6 is 15.2 Å². The van der Waals surface area contributed by atoms with Gasteiger partial charge in [-0.15, -0.1) is 0 Å². The molecule has 162 valence electrons. The lowest BCUT2D eigenvalue weighted by Gasteiger charge is -2.16. The van der Waals surface area contributed by atoms with Crippen molar-refractivity contribution in [2.45, 2.75) is 53.4 Å². The molecule has 0 aliphatic rings. The van der Waals surface area contributed by atoms with E-state index < -0.39 is 15.2 Å². The highest BCUT2D eigenvalue weighted by Gasteiger charge is 2.24. The van der Waals surface area contributed by atoms with Gasteiger partial charge >= 0.3 is 15.2 Å². The van der Waals surface area contributed by atoms with Crippen LogP contribution in [0.2, 0.25) is 0 Å². The Labute approximate surface area is 177 Å². The minimum Gasteiger partial charge on any atom is -0.321 e. The lowest BCUT2D eigenvalue weighted by molar-refractivity contribution is 0.385. The van der Waals surface area contributed by atoms with Crippen molar-refractivity contribution >= 4 is 25.8 Å². The molecule has 0 amide bonds. The molecule has 2 aromatic carbocycles. The summed E-state index contributed by atoms with van der Waals surface area (Å²) in [6.07, 6.45) is 2.13. The van der Waals surface area contributed by atoms with Crippen molar-refractivity contribution in [3.8, 4) is 11.8 Å². The number of rotatable bonds is 6. The van der Waals surface area contributed by atoms with E-state index in [1.807, 2.05) is 27.7 Å². The van der Waals surface area contributed by atoms with Crippen LogP contribution < -0.4 is 10.6 Å². The van der Waals surface area contributed by atoms with Crippen molar-refractivity contribution in [2.75, 3.05) is 0 Å². The Balaban J connectivity index is 2.68. The highest BCUT2D eigenvalue weighted by molar-refractivity contribution is 7.60. The predicted octanol–water partition coefficient (Wildman–Crippen LogP) is 2.94. The fraction of sp³-hybridized carbons (Fsp3) is 0.364. The van der Waals surface area contributed by atoms with E-state index in [0.29, 0.717) is 47.9 Å². The monoisotopic (exact) mass is 450 g/mol. The molecule has 2 rings (SSSR count). The third-order valence-electron chi connectivity index (χ3n) is 5.19. The molecule has 0 aliphatic carbocycles. The van der Waals surface area contributed by atoms with E-state index in [4.69, 9.17) is 0 Å². The molecule has 0 heterocycles. The molecule has 0 aliphatic heterocycles. The standard InChI is InChI=1S/C22H28O6P2/c1-5-17-15(11-13-21(19(17)7-3)29(23,24)25)9-10-16-12-14-22(30(26,27)28)20(8-4)18(16)6-2/h11-14H,5-8H2,1-4H3,(H2,23,24,25)(H2,26,27,28). The molecule has 6 nitrogen and oxygen atoms in total. The van der Waals surface area contributed by atoms with Gasteiger partial charge in [0.1, 0.15) is 0 Å². The van der Waals surface area contributed by atoms with Crippen molar-refractivity contribution in [1.29, 1.82) is 0 Å². The Morgan fingerprint density at radius 2 is 0.900 bits per heavy atom. The first kappa shape index (κ1) is 24.6. The second-order valence-electron chi connectivity index (χ2n) is 6.93. The Kier molecular flexibility index (Phi) is 7.88. The topological polar surface area (TPSA) is 115 Å². The minimum absolute atomic E-state index is 0.0425. The van der Waals surface area contributed by atoms with Crippen LogP contribution in [0.1, 0.15) is 61.1 Å². The molecule has 4 N–H and O–H groups in total. The van der Waals surface area contributed by atoms with Crippen LogP contribution in [0.4, 0.5) is 0 Å². The summed E-state index contributed by atoms with van der Waals surface area (Å²) in [5.74, 6) is 6.24. The Bertz CT molecular complexity index is 1010. The van der Waals surface area contributed by atoms with Gasteiger partial charge in [0, 0.05) is 11.1 Å². The van der Waals surface area contributed by atoms with Gasteiger partial charge in [-0.2, -0.15) is 0 Å². The highest BCUT2D eigenvalue weighted by atomic mass is 31.2. The zero-order valence-corrected chi connectivity index (χ0v) is 19.4. The van der Waals surface area contributed by atoms with Crippen molar-refractivity contribution in [2.24, 2.45) is 0 Å². The van der Waals surface area contributed by atoms with Crippen LogP contribution in [0.3, 0.4) is 0 Å². The van der Waals surface area contributed by atoms with Gasteiger partial charge < -0.3 is 19.6 Å². The first-order valence-corrected chi connectivity index (χ1v) is 13.2. The van der Waals surface area contributed by atoms with Gasteiger partial charge in [-0.1, -0.05) is 39.5 Å². The number of benzene rings is 2. The molecule has 0 spiro atoms. The SMILES string of the molecule is CCc1c(C#Cc2ccc(P(=O)(O)O)c(CC)c2CC)ccc(P(=O)(O)O)c1CC. The molecule has 30 heavy (non-hydrogen) atoms. The van der Waals surface area contributed by atoms with Gasteiger partial charge in [-0.25, -0.2) is 0 Å². The molecule has 0 fully saturated rings. The summed E-state index contributed by atoms with van der Waals surface area (Å²) in [6, 6.07) is 6.15. The average Bonchev–Trinajstić information content (AvgIpc) is 2.68. The van der Waals surface area contributed by atoms with E-state index in [9.17, 15) is 28.7 Å². The first-order valence-electron chi connectivity index (χ1n) is 9.93. The summed E-state index contributed by atoms with van der Waals surface area (Å²) in [7, 11) is -8.75. The van der Waals surface area contributed by atoms with Crippen molar-refractivity contribution in [1.82, 2.24) is 0 Å². The molecule has 0 saturated carbocycles. The third-order valence-corrected chi connectivity index (χ3v) is 7.28. The van der Waals surface area contributed by atoms with E-state index in [-0.39, 0.29) is 10.6 Å². The van der Waals surface area contributed by atoms with Crippen LogP contribution in [-0.4, -0.2) is 19.6 Å². The fourth-order valence-corrected chi connectivity index (χ4v) is 5.70.